The molecule has 0 saturated heterocycles. The van der Waals surface area contributed by atoms with Crippen LogP contribution in [0.25, 0.3) is 32.9 Å². The minimum absolute atomic E-state index is 1.07. The maximum absolute atomic E-state index is 4.70. The largest absolute Gasteiger partial charge is 0.343 e. The van der Waals surface area contributed by atoms with Gasteiger partial charge in [0.2, 0.25) is 0 Å². The first kappa shape index (κ1) is 15.3. The van der Waals surface area contributed by atoms with E-state index in [1.165, 1.54) is 55.5 Å². The SMILES string of the molecule is Cc1cc2c3c([n+](C)cnc3c1)-c1c(c(C)c3ccccc3c1C)N2C. The van der Waals surface area contributed by atoms with Crippen molar-refractivity contribution in [2.45, 2.75) is 20.8 Å². The molecular formula is C23H22N3+. The van der Waals surface area contributed by atoms with Crippen LogP contribution in [-0.2, 0) is 7.05 Å². The third-order valence-corrected chi connectivity index (χ3v) is 5.84. The van der Waals surface area contributed by atoms with Crippen LogP contribution in [0.5, 0.6) is 0 Å². The van der Waals surface area contributed by atoms with Crippen molar-refractivity contribution in [1.82, 2.24) is 4.98 Å². The molecule has 0 saturated carbocycles. The van der Waals surface area contributed by atoms with Crippen LogP contribution in [0.2, 0.25) is 0 Å². The number of rotatable bonds is 0. The predicted molar refractivity (Wildman–Crippen MR) is 108 cm³/mol. The van der Waals surface area contributed by atoms with Gasteiger partial charge in [-0.3, -0.25) is 0 Å². The van der Waals surface area contributed by atoms with E-state index in [-0.39, 0.29) is 0 Å². The second-order valence-corrected chi connectivity index (χ2v) is 7.46. The molecule has 0 fully saturated rings. The van der Waals surface area contributed by atoms with Crippen LogP contribution in [0.4, 0.5) is 11.4 Å². The average molecular weight is 340 g/mol. The quantitative estimate of drug-likeness (QED) is 0.425. The summed E-state index contributed by atoms with van der Waals surface area (Å²) in [6.07, 6.45) is 1.94. The number of aryl methyl sites for hydroxylation is 4. The smallest absolute Gasteiger partial charge is 0.287 e. The van der Waals surface area contributed by atoms with Crippen LogP contribution in [0, 0.1) is 20.8 Å². The van der Waals surface area contributed by atoms with E-state index in [1.807, 2.05) is 6.33 Å². The van der Waals surface area contributed by atoms with Gasteiger partial charge in [-0.25, -0.2) is 4.57 Å². The van der Waals surface area contributed by atoms with Crippen molar-refractivity contribution in [2.24, 2.45) is 7.05 Å². The highest BCUT2D eigenvalue weighted by Gasteiger charge is 2.32. The lowest BCUT2D eigenvalue weighted by molar-refractivity contribution is -0.662. The molecule has 3 nitrogen and oxygen atoms in total. The first-order chi connectivity index (χ1) is 12.5. The fourth-order valence-electron chi connectivity index (χ4n) is 4.64. The van der Waals surface area contributed by atoms with E-state index >= 15 is 0 Å². The minimum Gasteiger partial charge on any atom is -0.343 e. The molecule has 3 aromatic carbocycles. The second-order valence-electron chi connectivity index (χ2n) is 7.46. The first-order valence-corrected chi connectivity index (χ1v) is 9.04. The van der Waals surface area contributed by atoms with E-state index in [1.54, 1.807) is 0 Å². The van der Waals surface area contributed by atoms with Gasteiger partial charge < -0.3 is 4.90 Å². The summed E-state index contributed by atoms with van der Waals surface area (Å²) in [5, 5.41) is 3.91. The van der Waals surface area contributed by atoms with Gasteiger partial charge in [-0.1, -0.05) is 24.3 Å². The van der Waals surface area contributed by atoms with Crippen LogP contribution < -0.4 is 9.47 Å². The van der Waals surface area contributed by atoms with Gasteiger partial charge >= 0.3 is 0 Å². The fraction of sp³-hybridized carbons (Fsp3) is 0.217. The van der Waals surface area contributed by atoms with Gasteiger partial charge in [0.05, 0.1) is 23.8 Å². The Balaban J connectivity index is 2.08. The van der Waals surface area contributed by atoms with Crippen LogP contribution in [0.15, 0.2) is 42.7 Å². The molecule has 3 heteroatoms. The molecule has 0 N–H and O–H groups in total. The number of hydrogen-bond donors (Lipinski definition) is 0. The molecular weight excluding hydrogens is 318 g/mol. The Kier molecular flexibility index (Phi) is 2.97. The number of fused-ring (bicyclic) bond motifs is 3. The second kappa shape index (κ2) is 5.04. The number of benzene rings is 3. The lowest BCUT2D eigenvalue weighted by atomic mass is 9.87. The van der Waals surface area contributed by atoms with E-state index in [4.69, 9.17) is 4.98 Å². The highest BCUT2D eigenvalue weighted by atomic mass is 15.1. The molecule has 2 heterocycles. The first-order valence-electron chi connectivity index (χ1n) is 9.04. The standard InChI is InChI=1S/C23H22N3/c1-13-10-18-21-19(11-13)26(5)22-15(3)17-9-7-6-8-16(17)14(2)20(22)23(21)25(4)12-24-18/h6-12H,1-5H3/q+1. The Bertz CT molecular complexity index is 1240. The van der Waals surface area contributed by atoms with Crippen molar-refractivity contribution < 1.29 is 4.57 Å². The third kappa shape index (κ3) is 1.78. The molecule has 0 aliphatic carbocycles. The molecule has 128 valence electrons. The van der Waals surface area contributed by atoms with Crippen molar-refractivity contribution in [1.29, 1.82) is 0 Å². The Morgan fingerprint density at radius 1 is 0.962 bits per heavy atom. The monoisotopic (exact) mass is 340 g/mol. The van der Waals surface area contributed by atoms with Crippen LogP contribution in [0.1, 0.15) is 16.7 Å². The van der Waals surface area contributed by atoms with Gasteiger partial charge in [0, 0.05) is 12.6 Å². The normalized spacial score (nSPS) is 12.7. The molecule has 0 spiro atoms. The number of aromatic nitrogens is 2. The fourth-order valence-corrected chi connectivity index (χ4v) is 4.64. The Hall–Kier alpha value is -2.94. The van der Waals surface area contributed by atoms with Crippen molar-refractivity contribution in [3.63, 3.8) is 0 Å². The average Bonchev–Trinajstić information content (AvgIpc) is 2.64. The molecule has 5 rings (SSSR count). The molecule has 0 unspecified atom stereocenters. The molecule has 1 aliphatic rings. The van der Waals surface area contributed by atoms with Crippen molar-refractivity contribution in [3.05, 3.63) is 59.4 Å². The van der Waals surface area contributed by atoms with Crippen molar-refractivity contribution in [2.75, 3.05) is 11.9 Å². The van der Waals surface area contributed by atoms with E-state index < -0.39 is 0 Å². The molecule has 0 bridgehead atoms. The van der Waals surface area contributed by atoms with Crippen LogP contribution >= 0.6 is 0 Å². The molecule has 0 radical (unpaired) electrons. The summed E-state index contributed by atoms with van der Waals surface area (Å²) in [6.45, 7) is 6.64. The summed E-state index contributed by atoms with van der Waals surface area (Å²) in [7, 11) is 4.29. The summed E-state index contributed by atoms with van der Waals surface area (Å²) in [5.41, 5.74) is 10.1. The highest BCUT2D eigenvalue weighted by molar-refractivity contribution is 6.13. The van der Waals surface area contributed by atoms with Gasteiger partial charge in [-0.15, -0.1) is 0 Å². The zero-order valence-electron chi connectivity index (χ0n) is 15.9. The molecule has 26 heavy (non-hydrogen) atoms. The predicted octanol–water partition coefficient (Wildman–Crippen LogP) is 4.89. The maximum Gasteiger partial charge on any atom is 0.287 e. The molecule has 1 aromatic heterocycles. The number of anilines is 2. The van der Waals surface area contributed by atoms with E-state index in [2.05, 4.69) is 80.7 Å². The minimum atomic E-state index is 1.07. The zero-order chi connectivity index (χ0) is 18.2. The lowest BCUT2D eigenvalue weighted by Gasteiger charge is -2.32. The van der Waals surface area contributed by atoms with Gasteiger partial charge in [0.1, 0.15) is 5.69 Å². The van der Waals surface area contributed by atoms with Crippen molar-refractivity contribution >= 4 is 33.1 Å². The highest BCUT2D eigenvalue weighted by Crippen LogP contribution is 2.50. The van der Waals surface area contributed by atoms with Gasteiger partial charge in [0.15, 0.2) is 5.52 Å². The summed E-state index contributed by atoms with van der Waals surface area (Å²) in [4.78, 5) is 7.06. The van der Waals surface area contributed by atoms with Gasteiger partial charge in [-0.2, -0.15) is 0 Å². The van der Waals surface area contributed by atoms with Crippen molar-refractivity contribution in [3.8, 4) is 11.3 Å². The summed E-state index contributed by atoms with van der Waals surface area (Å²) in [6, 6.07) is 13.2. The zero-order valence-corrected chi connectivity index (χ0v) is 15.9. The Morgan fingerprint density at radius 2 is 1.65 bits per heavy atom. The summed E-state index contributed by atoms with van der Waals surface area (Å²) >= 11 is 0. The lowest BCUT2D eigenvalue weighted by Crippen LogP contribution is -2.34. The number of nitrogens with zero attached hydrogens (tertiary/aromatic N) is 3. The van der Waals surface area contributed by atoms with Crippen LogP contribution in [0.3, 0.4) is 0 Å². The van der Waals surface area contributed by atoms with E-state index in [9.17, 15) is 0 Å². The molecule has 0 amide bonds. The summed E-state index contributed by atoms with van der Waals surface area (Å²) in [5.74, 6) is 0. The van der Waals surface area contributed by atoms with E-state index in [0.29, 0.717) is 0 Å². The van der Waals surface area contributed by atoms with Gasteiger partial charge in [0.25, 0.3) is 6.33 Å². The molecule has 4 aromatic rings. The number of hydrogen-bond acceptors (Lipinski definition) is 2. The third-order valence-electron chi connectivity index (χ3n) is 5.84. The van der Waals surface area contributed by atoms with Gasteiger partial charge in [-0.05, 0) is 65.4 Å². The molecule has 0 atom stereocenters. The topological polar surface area (TPSA) is 20.0 Å². The Labute approximate surface area is 153 Å². The molecule has 1 aliphatic heterocycles. The maximum atomic E-state index is 4.70. The van der Waals surface area contributed by atoms with E-state index in [0.717, 1.165) is 5.52 Å². The Morgan fingerprint density at radius 3 is 2.38 bits per heavy atom. The summed E-state index contributed by atoms with van der Waals surface area (Å²) < 4.78 is 2.17. The van der Waals surface area contributed by atoms with Crippen LogP contribution in [-0.4, -0.2) is 12.0 Å².